The van der Waals surface area contributed by atoms with Gasteiger partial charge in [-0.15, -0.1) is 0 Å². The van der Waals surface area contributed by atoms with Crippen LogP contribution < -0.4 is 9.80 Å². The van der Waals surface area contributed by atoms with Gasteiger partial charge in [-0.25, -0.2) is 0 Å². The highest BCUT2D eigenvalue weighted by Gasteiger charge is 2.61. The molecule has 0 radical (unpaired) electrons. The van der Waals surface area contributed by atoms with E-state index in [2.05, 4.69) is 236 Å². The van der Waals surface area contributed by atoms with Gasteiger partial charge in [-0.1, -0.05) is 166 Å². The summed E-state index contributed by atoms with van der Waals surface area (Å²) in [5, 5.41) is 4.51. The molecule has 334 valence electrons. The molecule has 0 spiro atoms. The van der Waals surface area contributed by atoms with Crippen molar-refractivity contribution in [3.63, 3.8) is 0 Å². The van der Waals surface area contributed by atoms with Gasteiger partial charge in [-0.3, -0.25) is 0 Å². The predicted molar refractivity (Wildman–Crippen MR) is 282 cm³/mol. The molecule has 1 saturated heterocycles. The number of rotatable bonds is 7. The van der Waals surface area contributed by atoms with Crippen LogP contribution in [0.1, 0.15) is 20.3 Å². The lowest BCUT2D eigenvalue weighted by molar-refractivity contribution is -0.0203. The number of nitrogens with zero attached hydrogens (tertiary/aromatic N) is 2. The molecular formula is C64H50N2O3. The van der Waals surface area contributed by atoms with Gasteiger partial charge in [0.15, 0.2) is 5.58 Å². The number of fused-ring (bicyclic) bond motifs is 13. The molecule has 9 aromatic rings. The minimum Gasteiger partial charge on any atom is -0.456 e. The van der Waals surface area contributed by atoms with Crippen LogP contribution in [-0.4, -0.2) is 18.2 Å². The number of ether oxygens (including phenoxy) is 1. The Morgan fingerprint density at radius 2 is 1.28 bits per heavy atom. The zero-order valence-corrected chi connectivity index (χ0v) is 38.6. The third-order valence-corrected chi connectivity index (χ3v) is 16.0. The maximum Gasteiger partial charge on any atom is 0.159 e. The maximum atomic E-state index is 7.63. The molecule has 5 nitrogen and oxygen atoms in total. The van der Waals surface area contributed by atoms with Gasteiger partial charge in [0.25, 0.3) is 0 Å². The third kappa shape index (κ3) is 6.13. The van der Waals surface area contributed by atoms with E-state index in [0.717, 1.165) is 84.3 Å². The highest BCUT2D eigenvalue weighted by atomic mass is 16.5. The molecule has 3 heterocycles. The van der Waals surface area contributed by atoms with E-state index in [-0.39, 0.29) is 41.4 Å². The van der Waals surface area contributed by atoms with Crippen molar-refractivity contribution < 1.29 is 13.6 Å². The van der Waals surface area contributed by atoms with Crippen molar-refractivity contribution in [2.75, 3.05) is 9.80 Å². The van der Waals surface area contributed by atoms with Gasteiger partial charge in [0.05, 0.1) is 23.6 Å². The van der Waals surface area contributed by atoms with Gasteiger partial charge in [0.1, 0.15) is 16.7 Å². The number of hydrogen-bond donors (Lipinski definition) is 0. The third-order valence-electron chi connectivity index (χ3n) is 16.0. The number of anilines is 4. The second-order valence-electron chi connectivity index (χ2n) is 19.7. The van der Waals surface area contributed by atoms with Crippen molar-refractivity contribution in [2.24, 2.45) is 23.2 Å². The molecule has 4 aliphatic carbocycles. The minimum absolute atomic E-state index is 0.0502. The molecule has 2 aromatic heterocycles. The molecule has 5 aliphatic rings. The summed E-state index contributed by atoms with van der Waals surface area (Å²) in [4.78, 5) is 4.96. The molecule has 69 heavy (non-hydrogen) atoms. The summed E-state index contributed by atoms with van der Waals surface area (Å²) in [6.45, 7) is 4.89. The van der Waals surface area contributed by atoms with Crippen molar-refractivity contribution >= 4 is 66.6 Å². The molecule has 7 atom stereocenters. The van der Waals surface area contributed by atoms with Crippen molar-refractivity contribution in [3.05, 3.63) is 241 Å². The molecule has 7 unspecified atom stereocenters. The molecule has 5 heteroatoms. The van der Waals surface area contributed by atoms with Gasteiger partial charge in [-0.05, 0) is 95.3 Å². The lowest BCUT2D eigenvalue weighted by atomic mass is 9.55. The summed E-state index contributed by atoms with van der Waals surface area (Å²) < 4.78 is 20.9. The Morgan fingerprint density at radius 3 is 2.12 bits per heavy atom. The molecule has 7 aromatic carbocycles. The normalized spacial score (nSPS) is 24.6. The van der Waals surface area contributed by atoms with Gasteiger partial charge in [0.2, 0.25) is 0 Å². The molecule has 0 amide bonds. The molecule has 0 saturated carbocycles. The number of hydrogen-bond acceptors (Lipinski definition) is 5. The second kappa shape index (κ2) is 15.6. The summed E-state index contributed by atoms with van der Waals surface area (Å²) >= 11 is 0. The van der Waals surface area contributed by atoms with E-state index in [0.29, 0.717) is 0 Å². The Bertz CT molecular complexity index is 3720. The molecule has 1 aliphatic heterocycles. The van der Waals surface area contributed by atoms with E-state index in [9.17, 15) is 0 Å². The van der Waals surface area contributed by atoms with Crippen molar-refractivity contribution in [1.82, 2.24) is 0 Å². The molecule has 14 rings (SSSR count). The highest BCUT2D eigenvalue weighted by molar-refractivity contribution is 6.09. The Morgan fingerprint density at radius 1 is 0.580 bits per heavy atom. The van der Waals surface area contributed by atoms with Crippen molar-refractivity contribution in [1.29, 1.82) is 0 Å². The molecule has 0 N–H and O–H groups in total. The van der Waals surface area contributed by atoms with Gasteiger partial charge >= 0.3 is 0 Å². The van der Waals surface area contributed by atoms with Crippen molar-refractivity contribution in [3.8, 4) is 11.1 Å². The predicted octanol–water partition coefficient (Wildman–Crippen LogP) is 16.4. The summed E-state index contributed by atoms with van der Waals surface area (Å²) in [6.07, 6.45) is 19.9. The number of furan rings is 2. The van der Waals surface area contributed by atoms with Crippen LogP contribution in [-0.2, 0) is 4.74 Å². The average molecular weight is 895 g/mol. The van der Waals surface area contributed by atoms with E-state index in [1.165, 1.54) is 22.3 Å². The Labute approximate surface area is 401 Å². The lowest BCUT2D eigenvalue weighted by Gasteiger charge is -2.49. The average Bonchev–Trinajstić information content (AvgIpc) is 4.07. The SMILES string of the molecule is CC1C=C2C(CC1N(c1ccccc1)c1cccc3c1oc1ccccc13)OC1C3C=CC(N(c4ccc5c(c4)oc4ccccc45)c4ccccc4-c4ccccc4)=CC3=C3C=CC=CC3C21C. The van der Waals surface area contributed by atoms with E-state index in [1.807, 2.05) is 6.07 Å². The molecule has 1 fully saturated rings. The first kappa shape index (κ1) is 40.2. The van der Waals surface area contributed by atoms with Crippen LogP contribution in [0.5, 0.6) is 0 Å². The Kier molecular flexibility index (Phi) is 9.09. The number of para-hydroxylation sites is 5. The minimum atomic E-state index is -0.243. The summed E-state index contributed by atoms with van der Waals surface area (Å²) in [5.41, 5.74) is 15.3. The first-order valence-corrected chi connectivity index (χ1v) is 24.5. The van der Waals surface area contributed by atoms with Gasteiger partial charge in [0, 0.05) is 73.5 Å². The fourth-order valence-corrected chi connectivity index (χ4v) is 12.8. The standard InChI is InChI=1S/C64H50N2O3/c1-40-36-54-61(39-57(40)66(42-20-7-4-8-21-42)56-29-17-26-50-48-25-12-16-31-59(48)68-62(50)56)69-63-51-35-33-43(37-52(51)46-23-9-13-27-53(46)64(54,63)2)65(55-28-14-10-22-45(55)41-18-5-3-6-19-41)44-32-34-49-47-24-11-15-30-58(47)67-60(49)38-44/h3-38,40,51,53,57,61,63H,39H2,1-2H3. The number of benzene rings is 7. The Balaban J connectivity index is 0.874. The van der Waals surface area contributed by atoms with E-state index in [1.54, 1.807) is 0 Å². The maximum absolute atomic E-state index is 7.63. The monoisotopic (exact) mass is 894 g/mol. The van der Waals surface area contributed by atoms with E-state index in [4.69, 9.17) is 13.6 Å². The van der Waals surface area contributed by atoms with Crippen molar-refractivity contribution in [2.45, 2.75) is 38.5 Å². The highest BCUT2D eigenvalue weighted by Crippen LogP contribution is 2.62. The van der Waals surface area contributed by atoms with E-state index < -0.39 is 0 Å². The van der Waals surface area contributed by atoms with E-state index >= 15 is 0 Å². The largest absolute Gasteiger partial charge is 0.456 e. The lowest BCUT2D eigenvalue weighted by Crippen LogP contribution is -2.47. The summed E-state index contributed by atoms with van der Waals surface area (Å²) in [5.74, 6) is 0.428. The second-order valence-corrected chi connectivity index (χ2v) is 19.7. The zero-order chi connectivity index (χ0) is 45.8. The number of allylic oxidation sites excluding steroid dienone is 7. The van der Waals surface area contributed by atoms with Crippen LogP contribution in [0, 0.1) is 23.2 Å². The topological polar surface area (TPSA) is 42.0 Å². The van der Waals surface area contributed by atoms with Gasteiger partial charge in [-0.2, -0.15) is 0 Å². The van der Waals surface area contributed by atoms with Gasteiger partial charge < -0.3 is 23.4 Å². The van der Waals surface area contributed by atoms with Crippen LogP contribution in [0.15, 0.2) is 250 Å². The van der Waals surface area contributed by atoms with Crippen LogP contribution in [0.4, 0.5) is 22.7 Å². The first-order chi connectivity index (χ1) is 34.0. The molecular weight excluding hydrogens is 845 g/mol. The first-order valence-electron chi connectivity index (χ1n) is 24.5. The van der Waals surface area contributed by atoms with Crippen LogP contribution in [0.3, 0.4) is 0 Å². The zero-order valence-electron chi connectivity index (χ0n) is 38.6. The van der Waals surface area contributed by atoms with Crippen LogP contribution in [0.25, 0.3) is 55.0 Å². The van der Waals surface area contributed by atoms with Crippen LogP contribution in [0.2, 0.25) is 0 Å². The van der Waals surface area contributed by atoms with Crippen LogP contribution >= 0.6 is 0 Å². The summed E-state index contributed by atoms with van der Waals surface area (Å²) in [6, 6.07) is 60.4. The smallest absolute Gasteiger partial charge is 0.159 e. The summed E-state index contributed by atoms with van der Waals surface area (Å²) in [7, 11) is 0. The Hall–Kier alpha value is -7.86. The molecule has 0 bridgehead atoms. The quantitative estimate of drug-likeness (QED) is 0.149. The fourth-order valence-electron chi connectivity index (χ4n) is 12.8. The fraction of sp³-hybridized carbons (Fsp3) is 0.156.